The molecular formula is C23H33FN6O4S. The van der Waals surface area contributed by atoms with E-state index in [4.69, 9.17) is 15.6 Å². The van der Waals surface area contributed by atoms with Gasteiger partial charge in [0.1, 0.15) is 23.0 Å². The van der Waals surface area contributed by atoms with Gasteiger partial charge in [-0.05, 0) is 55.5 Å². The highest BCUT2D eigenvalue weighted by molar-refractivity contribution is 7.11. The molecule has 0 atom stereocenters. The molecule has 1 aromatic carbocycles. The number of piperazine rings is 1. The number of ether oxygens (including phenoxy) is 1. The van der Waals surface area contributed by atoms with Crippen LogP contribution in [0.5, 0.6) is 5.88 Å². The molecule has 10 nitrogen and oxygen atoms in total. The first-order valence-corrected chi connectivity index (χ1v) is 12.3. The quantitative estimate of drug-likeness (QED) is 0.340. The van der Waals surface area contributed by atoms with Crippen molar-refractivity contribution in [3.8, 4) is 5.88 Å². The summed E-state index contributed by atoms with van der Waals surface area (Å²) in [5.41, 5.74) is 7.34. The van der Waals surface area contributed by atoms with E-state index in [1.807, 2.05) is 6.07 Å². The zero-order valence-corrected chi connectivity index (χ0v) is 20.9. The highest BCUT2D eigenvalue weighted by atomic mass is 32.1. The van der Waals surface area contributed by atoms with Gasteiger partial charge in [0.25, 0.3) is 5.91 Å². The minimum atomic E-state index is -0.800. The van der Waals surface area contributed by atoms with Crippen LogP contribution in [0.15, 0.2) is 12.1 Å². The number of amides is 3. The summed E-state index contributed by atoms with van der Waals surface area (Å²) >= 11 is 0.873. The summed E-state index contributed by atoms with van der Waals surface area (Å²) in [5, 5.41) is 14.6. The molecule has 1 aliphatic rings. The van der Waals surface area contributed by atoms with E-state index in [1.165, 1.54) is 6.07 Å². The largest absolute Gasteiger partial charge is 0.471 e. The van der Waals surface area contributed by atoms with Gasteiger partial charge in [0, 0.05) is 44.8 Å². The lowest BCUT2D eigenvalue weighted by Gasteiger charge is -2.34. The summed E-state index contributed by atoms with van der Waals surface area (Å²) in [6.45, 7) is 9.37. The lowest BCUT2D eigenvalue weighted by molar-refractivity contribution is 0.0996. The minimum Gasteiger partial charge on any atom is -0.471 e. The molecule has 0 bridgehead atoms. The van der Waals surface area contributed by atoms with E-state index in [2.05, 4.69) is 24.8 Å². The Morgan fingerprint density at radius 1 is 1.20 bits per heavy atom. The number of urea groups is 1. The normalized spacial score (nSPS) is 14.6. The van der Waals surface area contributed by atoms with Crippen molar-refractivity contribution in [2.24, 2.45) is 5.73 Å². The zero-order valence-electron chi connectivity index (χ0n) is 20.1. The molecular weight excluding hydrogens is 475 g/mol. The van der Waals surface area contributed by atoms with E-state index in [-0.39, 0.29) is 29.7 Å². The Morgan fingerprint density at radius 3 is 2.51 bits per heavy atom. The number of aromatic nitrogens is 1. The molecule has 2 heterocycles. The average molecular weight is 509 g/mol. The van der Waals surface area contributed by atoms with Gasteiger partial charge in [-0.1, -0.05) is 6.07 Å². The molecule has 12 heteroatoms. The van der Waals surface area contributed by atoms with Crippen molar-refractivity contribution in [3.05, 3.63) is 40.2 Å². The summed E-state index contributed by atoms with van der Waals surface area (Å²) in [6.07, 6.45) is 0.772. The fourth-order valence-corrected chi connectivity index (χ4v) is 4.71. The fourth-order valence-electron chi connectivity index (χ4n) is 3.98. The summed E-state index contributed by atoms with van der Waals surface area (Å²) in [6, 6.07) is 2.78. The van der Waals surface area contributed by atoms with Crippen LogP contribution < -0.4 is 21.1 Å². The molecule has 0 radical (unpaired) electrons. The van der Waals surface area contributed by atoms with Crippen LogP contribution in [0.3, 0.4) is 0 Å². The van der Waals surface area contributed by atoms with Gasteiger partial charge in [0.2, 0.25) is 5.88 Å². The van der Waals surface area contributed by atoms with Crippen LogP contribution in [0.25, 0.3) is 0 Å². The second-order valence-electron chi connectivity index (χ2n) is 8.53. The number of β-amino-alcohol motifs (C(OH)–C–C–N with tert-alkyl or cyclic N) is 1. The molecule has 1 saturated heterocycles. The molecule has 1 fully saturated rings. The molecule has 0 spiro atoms. The van der Waals surface area contributed by atoms with Crippen molar-refractivity contribution in [2.45, 2.75) is 26.9 Å². The van der Waals surface area contributed by atoms with Crippen molar-refractivity contribution in [1.29, 1.82) is 0 Å². The van der Waals surface area contributed by atoms with E-state index in [0.29, 0.717) is 18.7 Å². The number of anilines is 1. The van der Waals surface area contributed by atoms with Crippen LogP contribution in [0.2, 0.25) is 0 Å². The van der Waals surface area contributed by atoms with Crippen LogP contribution in [0.1, 0.15) is 33.5 Å². The molecule has 1 aromatic heterocycles. The Hall–Kier alpha value is -2.80. The fraction of sp³-hybridized carbons (Fsp3) is 0.522. The maximum atomic E-state index is 14.3. The number of nitrogens with zero attached hydrogens (tertiary/aromatic N) is 3. The average Bonchev–Trinajstić information content (AvgIpc) is 3.19. The Labute approximate surface area is 208 Å². The van der Waals surface area contributed by atoms with Gasteiger partial charge in [0.05, 0.1) is 6.61 Å². The van der Waals surface area contributed by atoms with Gasteiger partial charge >= 0.3 is 6.03 Å². The summed E-state index contributed by atoms with van der Waals surface area (Å²) in [7, 11) is 0. The van der Waals surface area contributed by atoms with Crippen molar-refractivity contribution in [3.63, 3.8) is 0 Å². The van der Waals surface area contributed by atoms with Crippen LogP contribution >= 0.6 is 11.5 Å². The molecule has 3 rings (SSSR count). The zero-order chi connectivity index (χ0) is 25.4. The van der Waals surface area contributed by atoms with Crippen LogP contribution in [-0.4, -0.2) is 83.6 Å². The number of halogens is 1. The number of benzene rings is 1. The third-order valence-corrected chi connectivity index (χ3v) is 6.61. The Morgan fingerprint density at radius 2 is 1.89 bits per heavy atom. The first-order chi connectivity index (χ1) is 16.8. The summed E-state index contributed by atoms with van der Waals surface area (Å²) < 4.78 is 24.0. The van der Waals surface area contributed by atoms with E-state index >= 15 is 0 Å². The van der Waals surface area contributed by atoms with E-state index in [1.54, 1.807) is 13.8 Å². The highest BCUT2D eigenvalue weighted by Gasteiger charge is 2.23. The monoisotopic (exact) mass is 508 g/mol. The molecule has 2 aromatic rings. The lowest BCUT2D eigenvalue weighted by atomic mass is 10.1. The predicted molar refractivity (Wildman–Crippen MR) is 132 cm³/mol. The summed E-state index contributed by atoms with van der Waals surface area (Å²) in [4.78, 5) is 28.9. The Kier molecular flexibility index (Phi) is 9.78. The van der Waals surface area contributed by atoms with Crippen molar-refractivity contribution < 1.29 is 23.8 Å². The molecule has 0 aliphatic carbocycles. The number of rotatable bonds is 11. The molecule has 35 heavy (non-hydrogen) atoms. The molecule has 1 aliphatic heterocycles. The second kappa shape index (κ2) is 12.8. The van der Waals surface area contributed by atoms with Gasteiger partial charge in [-0.3, -0.25) is 15.0 Å². The third-order valence-electron chi connectivity index (χ3n) is 5.87. The van der Waals surface area contributed by atoms with E-state index < -0.39 is 17.8 Å². The molecule has 0 saturated carbocycles. The molecule has 5 N–H and O–H groups in total. The van der Waals surface area contributed by atoms with E-state index in [0.717, 1.165) is 61.8 Å². The Balaban J connectivity index is 1.48. The van der Waals surface area contributed by atoms with Crippen molar-refractivity contribution in [1.82, 2.24) is 19.5 Å². The number of nitrogens with two attached hydrogens (primary N) is 1. The van der Waals surface area contributed by atoms with Gasteiger partial charge in [-0.2, -0.15) is 4.37 Å². The lowest BCUT2D eigenvalue weighted by Crippen LogP contribution is -2.47. The molecule has 192 valence electrons. The number of aryl methyl sites for hydroxylation is 2. The first kappa shape index (κ1) is 26.8. The maximum Gasteiger partial charge on any atom is 0.319 e. The van der Waals surface area contributed by atoms with E-state index in [9.17, 15) is 14.0 Å². The SMILES string of the molecule is Cc1cc(C)c(COc2nsc(NC(=O)NCCCN3CCN(CCO)CC3)c2C(N)=O)c(F)c1. The highest BCUT2D eigenvalue weighted by Crippen LogP contribution is 2.31. The number of primary amides is 1. The number of aliphatic hydroxyl groups is 1. The summed E-state index contributed by atoms with van der Waals surface area (Å²) in [5.74, 6) is -1.24. The molecule has 3 amide bonds. The van der Waals surface area contributed by atoms with Gasteiger partial charge < -0.3 is 25.8 Å². The Bertz CT molecular complexity index is 1000. The molecule has 0 unspecified atom stereocenters. The minimum absolute atomic E-state index is 0.0440. The number of carbonyl (C=O) groups excluding carboxylic acids is 2. The van der Waals surface area contributed by atoms with Gasteiger partial charge in [-0.15, -0.1) is 0 Å². The van der Waals surface area contributed by atoms with Crippen LogP contribution in [-0.2, 0) is 6.61 Å². The third kappa shape index (κ3) is 7.59. The standard InChI is InChI=1S/C23H33FN6O4S/c1-15-12-16(2)17(18(24)13-15)14-34-21-19(20(25)32)22(35-28-21)27-23(33)26-4-3-5-29-6-8-30(9-7-29)10-11-31/h12-13,31H,3-11,14H2,1-2H3,(H2,25,32)(H2,26,27,33). The number of hydrogen-bond acceptors (Lipinski definition) is 8. The predicted octanol–water partition coefficient (Wildman–Crippen LogP) is 1.70. The number of aliphatic hydroxyl groups excluding tert-OH is 1. The number of carbonyl (C=O) groups is 2. The van der Waals surface area contributed by atoms with Crippen molar-refractivity contribution in [2.75, 3.05) is 57.7 Å². The van der Waals surface area contributed by atoms with Gasteiger partial charge in [-0.25, -0.2) is 9.18 Å². The topological polar surface area (TPSA) is 133 Å². The van der Waals surface area contributed by atoms with Crippen LogP contribution in [0, 0.1) is 19.7 Å². The maximum absolute atomic E-state index is 14.3. The van der Waals surface area contributed by atoms with Crippen LogP contribution in [0.4, 0.5) is 14.2 Å². The smallest absolute Gasteiger partial charge is 0.319 e. The second-order valence-corrected chi connectivity index (χ2v) is 9.30. The first-order valence-electron chi connectivity index (χ1n) is 11.6. The van der Waals surface area contributed by atoms with Crippen molar-refractivity contribution >= 4 is 28.5 Å². The number of nitrogens with one attached hydrogen (secondary N) is 2. The van der Waals surface area contributed by atoms with Gasteiger partial charge in [0.15, 0.2) is 0 Å². The number of hydrogen-bond donors (Lipinski definition) is 4.